The molecule has 0 heterocycles. The van der Waals surface area contributed by atoms with E-state index in [4.69, 9.17) is 10.5 Å². The number of carbonyl (C=O) groups excluding carboxylic acids is 5. The van der Waals surface area contributed by atoms with Crippen LogP contribution in [0.15, 0.2) is 24.3 Å². The maximum Gasteiger partial charge on any atom is 0.410 e. The van der Waals surface area contributed by atoms with Crippen LogP contribution in [-0.4, -0.2) is 67.2 Å². The van der Waals surface area contributed by atoms with Gasteiger partial charge in [-0.3, -0.25) is 19.3 Å². The minimum Gasteiger partial charge on any atom is -0.445 e. The molecule has 0 spiro atoms. The maximum absolute atomic E-state index is 12.4. The average molecular weight is 478 g/mol. The van der Waals surface area contributed by atoms with Gasteiger partial charge in [-0.05, 0) is 29.5 Å². The Morgan fingerprint density at radius 2 is 1.62 bits per heavy atom. The second-order valence-corrected chi connectivity index (χ2v) is 8.50. The Labute approximate surface area is 199 Å². The summed E-state index contributed by atoms with van der Waals surface area (Å²) in [6.07, 6.45) is -0.120. The van der Waals surface area contributed by atoms with Crippen molar-refractivity contribution in [3.8, 4) is 0 Å². The number of amides is 4. The van der Waals surface area contributed by atoms with Crippen LogP contribution < -0.4 is 21.7 Å². The molecule has 5 N–H and O–H groups in total. The molecule has 11 nitrogen and oxygen atoms in total. The summed E-state index contributed by atoms with van der Waals surface area (Å²) in [4.78, 5) is 60.2. The Bertz CT molecular complexity index is 856. The van der Waals surface area contributed by atoms with Crippen LogP contribution >= 0.6 is 0 Å². The molecule has 2 unspecified atom stereocenters. The zero-order valence-electron chi connectivity index (χ0n) is 20.3. The topological polar surface area (TPSA) is 160 Å². The average Bonchev–Trinajstić information content (AvgIpc) is 2.79. The predicted octanol–water partition coefficient (Wildman–Crippen LogP) is 0.633. The third kappa shape index (κ3) is 9.18. The summed E-state index contributed by atoms with van der Waals surface area (Å²) in [6, 6.07) is 5.14. The summed E-state index contributed by atoms with van der Waals surface area (Å²) in [6.45, 7) is 6.82. The molecule has 0 saturated carbocycles. The van der Waals surface area contributed by atoms with E-state index in [-0.39, 0.29) is 31.5 Å². The molecule has 1 rings (SSSR count). The SMILES string of the molecule is CC(C)C(N)C(=O)NCC(=O)Nc1ccc(COC(=O)N(C)C(C(=O)NCC=O)C(C)C)cc1. The van der Waals surface area contributed by atoms with Crippen molar-refractivity contribution in [1.29, 1.82) is 0 Å². The lowest BCUT2D eigenvalue weighted by Crippen LogP contribution is -2.51. The molecular formula is C23H35N5O6. The Morgan fingerprint density at radius 1 is 1.00 bits per heavy atom. The van der Waals surface area contributed by atoms with Gasteiger partial charge in [-0.15, -0.1) is 0 Å². The van der Waals surface area contributed by atoms with Gasteiger partial charge in [-0.2, -0.15) is 0 Å². The van der Waals surface area contributed by atoms with E-state index >= 15 is 0 Å². The second-order valence-electron chi connectivity index (χ2n) is 8.50. The van der Waals surface area contributed by atoms with E-state index < -0.39 is 35.9 Å². The molecule has 0 aliphatic heterocycles. The second kappa shape index (κ2) is 13.9. The van der Waals surface area contributed by atoms with Crippen LogP contribution in [0, 0.1) is 11.8 Å². The summed E-state index contributed by atoms with van der Waals surface area (Å²) in [5.41, 5.74) is 6.91. The maximum atomic E-state index is 12.4. The van der Waals surface area contributed by atoms with Gasteiger partial charge in [0.05, 0.1) is 19.1 Å². The Hall–Kier alpha value is -3.47. The number of aldehydes is 1. The summed E-state index contributed by atoms with van der Waals surface area (Å²) in [5, 5.41) is 7.59. The number of carbonyl (C=O) groups is 5. The summed E-state index contributed by atoms with van der Waals surface area (Å²) in [5.74, 6) is -1.48. The van der Waals surface area contributed by atoms with Gasteiger partial charge >= 0.3 is 6.09 Å². The highest BCUT2D eigenvalue weighted by Gasteiger charge is 2.30. The van der Waals surface area contributed by atoms with Crippen LogP contribution in [0.1, 0.15) is 33.3 Å². The fraction of sp³-hybridized carbons (Fsp3) is 0.522. The lowest BCUT2D eigenvalue weighted by Gasteiger charge is -2.29. The fourth-order valence-corrected chi connectivity index (χ4v) is 3.01. The number of hydrogen-bond acceptors (Lipinski definition) is 7. The highest BCUT2D eigenvalue weighted by molar-refractivity contribution is 5.95. The monoisotopic (exact) mass is 477 g/mol. The van der Waals surface area contributed by atoms with Crippen LogP contribution in [0.4, 0.5) is 10.5 Å². The van der Waals surface area contributed by atoms with Crippen molar-refractivity contribution in [2.45, 2.75) is 46.4 Å². The van der Waals surface area contributed by atoms with E-state index in [0.29, 0.717) is 17.5 Å². The van der Waals surface area contributed by atoms with E-state index in [9.17, 15) is 24.0 Å². The van der Waals surface area contributed by atoms with E-state index in [1.807, 2.05) is 13.8 Å². The van der Waals surface area contributed by atoms with Gasteiger partial charge in [0.15, 0.2) is 0 Å². The number of benzene rings is 1. The fourth-order valence-electron chi connectivity index (χ4n) is 3.01. The number of hydrogen-bond donors (Lipinski definition) is 4. The normalized spacial score (nSPS) is 12.5. The molecule has 1 aromatic rings. The Morgan fingerprint density at radius 3 is 2.15 bits per heavy atom. The van der Waals surface area contributed by atoms with Gasteiger partial charge < -0.3 is 31.2 Å². The predicted molar refractivity (Wildman–Crippen MR) is 127 cm³/mol. The Balaban J connectivity index is 2.57. The third-order valence-corrected chi connectivity index (χ3v) is 5.01. The Kier molecular flexibility index (Phi) is 11.7. The number of nitrogens with one attached hydrogen (secondary N) is 3. The molecule has 34 heavy (non-hydrogen) atoms. The molecule has 0 aromatic heterocycles. The number of rotatable bonds is 12. The molecule has 0 radical (unpaired) electrons. The van der Waals surface area contributed by atoms with Gasteiger partial charge in [-0.1, -0.05) is 39.8 Å². The zero-order valence-corrected chi connectivity index (χ0v) is 20.3. The first-order valence-electron chi connectivity index (χ1n) is 11.0. The van der Waals surface area contributed by atoms with Crippen LogP contribution in [0.3, 0.4) is 0 Å². The van der Waals surface area contributed by atoms with Gasteiger partial charge in [0.1, 0.15) is 18.9 Å². The molecule has 0 fully saturated rings. The molecule has 0 aliphatic carbocycles. The zero-order chi connectivity index (χ0) is 25.8. The van der Waals surface area contributed by atoms with Gasteiger partial charge in [0.25, 0.3) is 0 Å². The van der Waals surface area contributed by atoms with Crippen molar-refractivity contribution >= 4 is 35.8 Å². The number of likely N-dealkylation sites (N-methyl/N-ethyl adjacent to an activating group) is 1. The highest BCUT2D eigenvalue weighted by Crippen LogP contribution is 2.14. The van der Waals surface area contributed by atoms with Crippen LogP contribution in [0.25, 0.3) is 0 Å². The van der Waals surface area contributed by atoms with Crippen molar-refractivity contribution in [3.63, 3.8) is 0 Å². The molecule has 11 heteroatoms. The summed E-state index contributed by atoms with van der Waals surface area (Å²) < 4.78 is 5.29. The van der Waals surface area contributed by atoms with E-state index in [1.54, 1.807) is 38.1 Å². The standard InChI is InChI=1S/C23H35N5O6/c1-14(2)19(24)21(31)26-12-18(30)27-17-8-6-16(7-9-17)13-34-23(33)28(5)20(15(3)4)22(32)25-10-11-29/h6-9,11,14-15,19-20H,10,12-13,24H2,1-5H3,(H,25,32)(H,26,31)(H,27,30). The molecular weight excluding hydrogens is 442 g/mol. The van der Waals surface area contributed by atoms with Gasteiger partial charge in [0.2, 0.25) is 17.7 Å². The minimum absolute atomic E-state index is 0.0404. The number of nitrogens with zero attached hydrogens (tertiary/aromatic N) is 1. The first-order chi connectivity index (χ1) is 16.0. The molecule has 4 amide bonds. The largest absolute Gasteiger partial charge is 0.445 e. The van der Waals surface area contributed by atoms with Crippen molar-refractivity contribution < 1.29 is 28.7 Å². The lowest BCUT2D eigenvalue weighted by atomic mass is 10.0. The lowest BCUT2D eigenvalue weighted by molar-refractivity contribution is -0.128. The van der Waals surface area contributed by atoms with E-state index in [1.165, 1.54) is 11.9 Å². The first kappa shape index (κ1) is 28.6. The van der Waals surface area contributed by atoms with Crippen LogP contribution in [-0.2, 0) is 30.5 Å². The van der Waals surface area contributed by atoms with Crippen molar-refractivity contribution in [2.24, 2.45) is 17.6 Å². The number of ether oxygens (including phenoxy) is 1. The van der Waals surface area contributed by atoms with E-state index in [2.05, 4.69) is 16.0 Å². The summed E-state index contributed by atoms with van der Waals surface area (Å²) >= 11 is 0. The van der Waals surface area contributed by atoms with Gasteiger partial charge in [0, 0.05) is 12.7 Å². The molecule has 0 bridgehead atoms. The van der Waals surface area contributed by atoms with E-state index in [0.717, 1.165) is 0 Å². The van der Waals surface area contributed by atoms with Gasteiger partial charge in [-0.25, -0.2) is 4.79 Å². The smallest absolute Gasteiger partial charge is 0.410 e. The number of nitrogens with two attached hydrogens (primary N) is 1. The third-order valence-electron chi connectivity index (χ3n) is 5.01. The first-order valence-corrected chi connectivity index (χ1v) is 11.0. The minimum atomic E-state index is -0.791. The highest BCUT2D eigenvalue weighted by atomic mass is 16.6. The van der Waals surface area contributed by atoms with Crippen molar-refractivity contribution in [3.05, 3.63) is 29.8 Å². The molecule has 188 valence electrons. The van der Waals surface area contributed by atoms with Crippen molar-refractivity contribution in [1.82, 2.24) is 15.5 Å². The van der Waals surface area contributed by atoms with Crippen LogP contribution in [0.5, 0.6) is 0 Å². The molecule has 2 atom stereocenters. The molecule has 1 aromatic carbocycles. The molecule has 0 aliphatic rings. The summed E-state index contributed by atoms with van der Waals surface area (Å²) in [7, 11) is 1.46. The van der Waals surface area contributed by atoms with Crippen molar-refractivity contribution in [2.75, 3.05) is 25.5 Å². The molecule has 0 saturated heterocycles. The quantitative estimate of drug-likeness (QED) is 0.321. The number of anilines is 1. The van der Waals surface area contributed by atoms with Crippen LogP contribution in [0.2, 0.25) is 0 Å².